The topological polar surface area (TPSA) is 99.7 Å². The fourth-order valence-electron chi connectivity index (χ4n) is 6.48. The number of cyclic esters (lactones) is 1. The highest BCUT2D eigenvalue weighted by molar-refractivity contribution is 5.89. The number of fused-ring (bicyclic) bond motifs is 1. The molecule has 0 bridgehead atoms. The Labute approximate surface area is 230 Å². The Hall–Kier alpha value is -3.46. The molecule has 2 N–H and O–H groups in total. The van der Waals surface area contributed by atoms with Crippen LogP contribution in [-0.4, -0.2) is 52.5 Å². The SMILES string of the molecule is C=CC(=O)NC1CC2(C1)CN(C(CC1CC1)c1ccc([C@H](C)Nc3ncc4c(n3)N(CC)C(=O)OC4)cc1)C2. The van der Waals surface area contributed by atoms with Crippen LogP contribution in [0.5, 0.6) is 0 Å². The molecule has 9 nitrogen and oxygen atoms in total. The van der Waals surface area contributed by atoms with Crippen molar-refractivity contribution in [2.45, 2.75) is 70.7 Å². The lowest BCUT2D eigenvalue weighted by atomic mass is 9.60. The van der Waals surface area contributed by atoms with Crippen molar-refractivity contribution in [3.05, 3.63) is 59.8 Å². The van der Waals surface area contributed by atoms with Crippen molar-refractivity contribution in [1.82, 2.24) is 20.2 Å². The molecule has 1 aromatic heterocycles. The summed E-state index contributed by atoms with van der Waals surface area (Å²) in [5.41, 5.74) is 3.73. The van der Waals surface area contributed by atoms with Crippen LogP contribution in [0.3, 0.4) is 0 Å². The van der Waals surface area contributed by atoms with Crippen molar-refractivity contribution in [1.29, 1.82) is 0 Å². The second-order valence-corrected chi connectivity index (χ2v) is 11.8. The summed E-state index contributed by atoms with van der Waals surface area (Å²) in [5.74, 6) is 1.89. The van der Waals surface area contributed by atoms with Gasteiger partial charge in [0.15, 0.2) is 0 Å². The first-order chi connectivity index (χ1) is 18.9. The van der Waals surface area contributed by atoms with Crippen LogP contribution in [0.4, 0.5) is 16.6 Å². The number of carbonyl (C=O) groups excluding carboxylic acids is 2. The molecule has 4 aliphatic rings. The highest BCUT2D eigenvalue weighted by Crippen LogP contribution is 2.52. The van der Waals surface area contributed by atoms with E-state index in [9.17, 15) is 9.59 Å². The largest absolute Gasteiger partial charge is 0.444 e. The minimum absolute atomic E-state index is 0.00886. The van der Waals surface area contributed by atoms with E-state index in [1.807, 2.05) is 6.92 Å². The van der Waals surface area contributed by atoms with E-state index in [4.69, 9.17) is 4.74 Å². The fourth-order valence-corrected chi connectivity index (χ4v) is 6.48. The van der Waals surface area contributed by atoms with Crippen molar-refractivity contribution in [2.24, 2.45) is 11.3 Å². The number of hydrogen-bond acceptors (Lipinski definition) is 7. The molecule has 1 saturated heterocycles. The lowest BCUT2D eigenvalue weighted by Crippen LogP contribution is -2.66. The van der Waals surface area contributed by atoms with E-state index in [0.29, 0.717) is 35.8 Å². The molecule has 1 spiro atoms. The minimum Gasteiger partial charge on any atom is -0.444 e. The Morgan fingerprint density at radius 2 is 1.95 bits per heavy atom. The van der Waals surface area contributed by atoms with E-state index in [1.165, 1.54) is 35.8 Å². The first kappa shape index (κ1) is 25.8. The zero-order valence-corrected chi connectivity index (χ0v) is 22.9. The molecule has 3 heterocycles. The Morgan fingerprint density at radius 3 is 2.62 bits per heavy atom. The maximum atomic E-state index is 12.1. The molecule has 2 aromatic rings. The van der Waals surface area contributed by atoms with Gasteiger partial charge >= 0.3 is 6.09 Å². The lowest BCUT2D eigenvalue weighted by molar-refractivity contribution is -0.126. The molecule has 0 radical (unpaired) electrons. The summed E-state index contributed by atoms with van der Waals surface area (Å²) < 4.78 is 5.19. The van der Waals surface area contributed by atoms with E-state index >= 15 is 0 Å². The van der Waals surface area contributed by atoms with Crippen LogP contribution in [0.2, 0.25) is 0 Å². The second-order valence-electron chi connectivity index (χ2n) is 11.8. The van der Waals surface area contributed by atoms with Gasteiger partial charge in [0.1, 0.15) is 12.4 Å². The van der Waals surface area contributed by atoms with Crippen LogP contribution in [0.15, 0.2) is 43.1 Å². The number of rotatable bonds is 10. The van der Waals surface area contributed by atoms with Gasteiger partial charge in [-0.3, -0.25) is 14.6 Å². The normalized spacial score (nSPS) is 21.7. The van der Waals surface area contributed by atoms with Crippen molar-refractivity contribution < 1.29 is 14.3 Å². The van der Waals surface area contributed by atoms with Gasteiger partial charge in [0, 0.05) is 37.9 Å². The van der Waals surface area contributed by atoms with Crippen molar-refractivity contribution in [2.75, 3.05) is 29.9 Å². The molecule has 1 unspecified atom stereocenters. The maximum absolute atomic E-state index is 12.1. The van der Waals surface area contributed by atoms with E-state index in [1.54, 1.807) is 6.20 Å². The van der Waals surface area contributed by atoms with Crippen molar-refractivity contribution in [3.8, 4) is 0 Å². The first-order valence-electron chi connectivity index (χ1n) is 14.2. The number of nitrogens with zero attached hydrogens (tertiary/aromatic N) is 4. The number of carbonyl (C=O) groups is 2. The monoisotopic (exact) mass is 530 g/mol. The van der Waals surface area contributed by atoms with E-state index < -0.39 is 0 Å². The Kier molecular flexibility index (Phi) is 6.79. The Morgan fingerprint density at radius 1 is 1.23 bits per heavy atom. The molecule has 2 aliphatic heterocycles. The third-order valence-corrected chi connectivity index (χ3v) is 8.81. The minimum atomic E-state index is -0.372. The van der Waals surface area contributed by atoms with Gasteiger partial charge in [-0.05, 0) is 61.6 Å². The average molecular weight is 531 g/mol. The van der Waals surface area contributed by atoms with Crippen LogP contribution < -0.4 is 15.5 Å². The third-order valence-electron chi connectivity index (χ3n) is 8.81. The number of benzene rings is 1. The van der Waals surface area contributed by atoms with Gasteiger partial charge in [0.05, 0.1) is 11.6 Å². The van der Waals surface area contributed by atoms with Gasteiger partial charge < -0.3 is 15.4 Å². The molecule has 1 aromatic carbocycles. The summed E-state index contributed by atoms with van der Waals surface area (Å²) in [7, 11) is 0. The number of anilines is 2. The van der Waals surface area contributed by atoms with Gasteiger partial charge in [0.25, 0.3) is 0 Å². The number of amides is 2. The maximum Gasteiger partial charge on any atom is 0.415 e. The average Bonchev–Trinajstić information content (AvgIpc) is 3.72. The molecule has 2 saturated carbocycles. The Balaban J connectivity index is 1.09. The van der Waals surface area contributed by atoms with Gasteiger partial charge in [-0.25, -0.2) is 9.78 Å². The molecule has 2 aliphatic carbocycles. The van der Waals surface area contributed by atoms with Crippen molar-refractivity contribution in [3.63, 3.8) is 0 Å². The molecule has 9 heteroatoms. The standard InChI is InChI=1S/C30H38N6O3/c1-4-26(37)33-24-13-30(14-24)17-35(18-30)25(12-20-6-7-20)22-10-8-21(9-11-22)19(3)32-28-31-15-23-16-39-29(38)36(5-2)27(23)34-28/h4,8-11,15,19-20,24-25H,1,5-7,12-14,16-18H2,2-3H3,(H,33,37)(H,31,32,34)/t19-,25?/m0/s1. The highest BCUT2D eigenvalue weighted by Gasteiger charge is 2.54. The van der Waals surface area contributed by atoms with E-state index in [-0.39, 0.29) is 24.6 Å². The summed E-state index contributed by atoms with van der Waals surface area (Å²) in [5, 5.41) is 6.45. The molecular weight excluding hydrogens is 492 g/mol. The van der Waals surface area contributed by atoms with E-state index in [0.717, 1.165) is 43.0 Å². The van der Waals surface area contributed by atoms with Crippen LogP contribution >= 0.6 is 0 Å². The van der Waals surface area contributed by atoms with E-state index in [2.05, 4.69) is 63.3 Å². The number of nitrogens with one attached hydrogen (secondary N) is 2. The van der Waals surface area contributed by atoms with Crippen LogP contribution in [0, 0.1) is 11.3 Å². The van der Waals surface area contributed by atoms with Crippen molar-refractivity contribution >= 4 is 23.8 Å². The molecule has 2 amide bonds. The highest BCUT2D eigenvalue weighted by atomic mass is 16.6. The predicted octanol–water partition coefficient (Wildman–Crippen LogP) is 4.73. The van der Waals surface area contributed by atoms with Crippen LogP contribution in [-0.2, 0) is 16.1 Å². The molecule has 206 valence electrons. The fraction of sp³-hybridized carbons (Fsp3) is 0.533. The lowest BCUT2D eigenvalue weighted by Gasteiger charge is -2.61. The van der Waals surface area contributed by atoms with Gasteiger partial charge in [-0.15, -0.1) is 0 Å². The summed E-state index contributed by atoms with van der Waals surface area (Å²) >= 11 is 0. The molecular formula is C30H38N6O3. The zero-order valence-electron chi connectivity index (χ0n) is 22.9. The molecule has 6 rings (SSSR count). The van der Waals surface area contributed by atoms with Gasteiger partial charge in [-0.2, -0.15) is 4.98 Å². The van der Waals surface area contributed by atoms with Crippen LogP contribution in [0.1, 0.15) is 74.7 Å². The number of hydrogen-bond donors (Lipinski definition) is 2. The number of likely N-dealkylation sites (tertiary alicyclic amines) is 1. The summed E-state index contributed by atoms with van der Waals surface area (Å²) in [6, 6.07) is 9.73. The number of ether oxygens (including phenoxy) is 1. The smallest absolute Gasteiger partial charge is 0.415 e. The second kappa shape index (κ2) is 10.3. The summed E-state index contributed by atoms with van der Waals surface area (Å²) in [6.45, 7) is 10.5. The first-order valence-corrected chi connectivity index (χ1v) is 14.2. The predicted molar refractivity (Wildman–Crippen MR) is 149 cm³/mol. The van der Waals surface area contributed by atoms with Gasteiger partial charge in [-0.1, -0.05) is 43.7 Å². The zero-order chi connectivity index (χ0) is 27.1. The number of aromatic nitrogens is 2. The third kappa shape index (κ3) is 5.24. The van der Waals surface area contributed by atoms with Crippen LogP contribution in [0.25, 0.3) is 0 Å². The van der Waals surface area contributed by atoms with Gasteiger partial charge in [0.2, 0.25) is 11.9 Å². The Bertz CT molecular complexity index is 1250. The summed E-state index contributed by atoms with van der Waals surface area (Å²) in [4.78, 5) is 37.0. The molecule has 2 atom stereocenters. The summed E-state index contributed by atoms with van der Waals surface area (Å²) in [6.07, 6.45) is 8.78. The quantitative estimate of drug-likeness (QED) is 0.428. The molecule has 3 fully saturated rings. The molecule has 39 heavy (non-hydrogen) atoms.